The Kier molecular flexibility index (Phi) is 7.11. The highest BCUT2D eigenvalue weighted by molar-refractivity contribution is 6.44. The zero-order valence-corrected chi connectivity index (χ0v) is 16.8. The molecule has 3 aromatic rings. The van der Waals surface area contributed by atoms with Crippen LogP contribution in [0.1, 0.15) is 15.9 Å². The lowest BCUT2D eigenvalue weighted by atomic mass is 10.2. The molecule has 148 valence electrons. The van der Waals surface area contributed by atoms with Gasteiger partial charge >= 0.3 is 0 Å². The van der Waals surface area contributed by atoms with Gasteiger partial charge in [-0.25, -0.2) is 0 Å². The molecule has 0 saturated carbocycles. The third-order valence-electron chi connectivity index (χ3n) is 4.01. The van der Waals surface area contributed by atoms with Crippen LogP contribution in [0.4, 0.5) is 5.69 Å². The Bertz CT molecular complexity index is 993. The lowest BCUT2D eigenvalue weighted by Gasteiger charge is -2.10. The van der Waals surface area contributed by atoms with Gasteiger partial charge in [-0.1, -0.05) is 59.6 Å². The summed E-state index contributed by atoms with van der Waals surface area (Å²) in [6.07, 6.45) is 0. The first-order chi connectivity index (χ1) is 14.0. The Balaban J connectivity index is 1.49. The molecule has 3 aromatic carbocycles. The molecule has 0 saturated heterocycles. The summed E-state index contributed by atoms with van der Waals surface area (Å²) in [7, 11) is 0. The van der Waals surface area contributed by atoms with Gasteiger partial charge in [0, 0.05) is 12.1 Å². The fourth-order valence-corrected chi connectivity index (χ4v) is 2.87. The van der Waals surface area contributed by atoms with Gasteiger partial charge in [0.2, 0.25) is 0 Å². The minimum Gasteiger partial charge on any atom is -0.484 e. The van der Waals surface area contributed by atoms with E-state index in [0.29, 0.717) is 28.6 Å². The molecule has 0 aliphatic carbocycles. The van der Waals surface area contributed by atoms with Gasteiger partial charge in [-0.05, 0) is 42.0 Å². The number of carbonyl (C=O) groups excluding carboxylic acids is 2. The molecule has 0 aliphatic rings. The number of nitrogens with one attached hydrogen (secondary N) is 2. The van der Waals surface area contributed by atoms with Crippen molar-refractivity contribution < 1.29 is 14.3 Å². The second kappa shape index (κ2) is 9.96. The minimum atomic E-state index is -0.376. The van der Waals surface area contributed by atoms with Crippen LogP contribution in [-0.4, -0.2) is 18.4 Å². The van der Waals surface area contributed by atoms with Crippen LogP contribution in [0.15, 0.2) is 72.8 Å². The van der Waals surface area contributed by atoms with Crippen molar-refractivity contribution in [3.8, 4) is 5.75 Å². The first kappa shape index (κ1) is 20.7. The largest absolute Gasteiger partial charge is 0.484 e. The molecule has 0 unspecified atom stereocenters. The molecular weight excluding hydrogens is 411 g/mol. The molecule has 0 heterocycles. The van der Waals surface area contributed by atoms with Crippen LogP contribution in [0.3, 0.4) is 0 Å². The van der Waals surface area contributed by atoms with Crippen LogP contribution in [0, 0.1) is 0 Å². The third-order valence-corrected chi connectivity index (χ3v) is 4.83. The van der Waals surface area contributed by atoms with E-state index in [1.807, 2.05) is 30.3 Å². The van der Waals surface area contributed by atoms with E-state index in [2.05, 4.69) is 10.6 Å². The number of hydrogen-bond donors (Lipinski definition) is 2. The zero-order chi connectivity index (χ0) is 20.6. The van der Waals surface area contributed by atoms with E-state index in [1.165, 1.54) is 0 Å². The van der Waals surface area contributed by atoms with Crippen molar-refractivity contribution in [3.05, 3.63) is 94.0 Å². The third kappa shape index (κ3) is 5.98. The Hall–Kier alpha value is -3.02. The number of rotatable bonds is 7. The van der Waals surface area contributed by atoms with Gasteiger partial charge in [0.05, 0.1) is 15.7 Å². The highest BCUT2D eigenvalue weighted by Gasteiger charge is 2.10. The van der Waals surface area contributed by atoms with Crippen molar-refractivity contribution in [1.29, 1.82) is 0 Å². The Morgan fingerprint density at radius 3 is 2.31 bits per heavy atom. The van der Waals surface area contributed by atoms with Crippen LogP contribution in [0.5, 0.6) is 5.75 Å². The molecule has 2 amide bonds. The summed E-state index contributed by atoms with van der Waals surface area (Å²) in [6, 6.07) is 21.2. The average Bonchev–Trinajstić information content (AvgIpc) is 2.75. The predicted octanol–water partition coefficient (Wildman–Crippen LogP) is 4.94. The second-order valence-electron chi connectivity index (χ2n) is 6.13. The number of benzene rings is 3. The predicted molar refractivity (Wildman–Crippen MR) is 115 cm³/mol. The standard InChI is InChI=1S/C22H18Cl2N2O3/c23-18-7-4-8-19(21(18)24)26-20(27)14-29-17-11-9-16(10-12-17)22(28)25-13-15-5-2-1-3-6-15/h1-12H,13-14H2,(H,25,28)(H,26,27). The molecule has 0 aromatic heterocycles. The molecule has 2 N–H and O–H groups in total. The number of ether oxygens (including phenoxy) is 1. The van der Waals surface area contributed by atoms with Gasteiger partial charge in [-0.3, -0.25) is 9.59 Å². The number of amides is 2. The highest BCUT2D eigenvalue weighted by atomic mass is 35.5. The Morgan fingerprint density at radius 2 is 1.59 bits per heavy atom. The van der Waals surface area contributed by atoms with E-state index in [1.54, 1.807) is 42.5 Å². The summed E-state index contributed by atoms with van der Waals surface area (Å²) in [6.45, 7) is 0.243. The topological polar surface area (TPSA) is 67.4 Å². The van der Waals surface area contributed by atoms with E-state index >= 15 is 0 Å². The molecule has 0 aliphatic heterocycles. The Morgan fingerprint density at radius 1 is 0.862 bits per heavy atom. The summed E-state index contributed by atoms with van der Waals surface area (Å²) in [4.78, 5) is 24.3. The lowest BCUT2D eigenvalue weighted by Crippen LogP contribution is -2.22. The van der Waals surface area contributed by atoms with Gasteiger partial charge in [0.1, 0.15) is 5.75 Å². The SMILES string of the molecule is O=C(COc1ccc(C(=O)NCc2ccccc2)cc1)Nc1cccc(Cl)c1Cl. The molecule has 0 bridgehead atoms. The molecule has 0 radical (unpaired) electrons. The summed E-state index contributed by atoms with van der Waals surface area (Å²) >= 11 is 12.0. The smallest absolute Gasteiger partial charge is 0.262 e. The van der Waals surface area contributed by atoms with Crippen molar-refractivity contribution >= 4 is 40.7 Å². The summed E-state index contributed by atoms with van der Waals surface area (Å²) in [5.41, 5.74) is 1.94. The molecule has 0 spiro atoms. The van der Waals surface area contributed by atoms with E-state index in [9.17, 15) is 9.59 Å². The van der Waals surface area contributed by atoms with Crippen LogP contribution < -0.4 is 15.4 Å². The fraction of sp³-hybridized carbons (Fsp3) is 0.0909. The monoisotopic (exact) mass is 428 g/mol. The molecule has 3 rings (SSSR count). The van der Waals surface area contributed by atoms with Gasteiger partial charge < -0.3 is 15.4 Å². The fourth-order valence-electron chi connectivity index (χ4n) is 2.52. The maximum atomic E-state index is 12.2. The van der Waals surface area contributed by atoms with Gasteiger partial charge in [-0.2, -0.15) is 0 Å². The van der Waals surface area contributed by atoms with Crippen molar-refractivity contribution in [1.82, 2.24) is 5.32 Å². The van der Waals surface area contributed by atoms with Crippen LogP contribution >= 0.6 is 23.2 Å². The summed E-state index contributed by atoms with van der Waals surface area (Å²) in [5.74, 6) is -0.0930. The van der Waals surface area contributed by atoms with Crippen molar-refractivity contribution in [2.75, 3.05) is 11.9 Å². The quantitative estimate of drug-likeness (QED) is 0.559. The average molecular weight is 429 g/mol. The maximum Gasteiger partial charge on any atom is 0.262 e. The summed E-state index contributed by atoms with van der Waals surface area (Å²) < 4.78 is 5.45. The minimum absolute atomic E-state index is 0.186. The molecule has 0 fully saturated rings. The highest BCUT2D eigenvalue weighted by Crippen LogP contribution is 2.29. The van der Waals surface area contributed by atoms with E-state index < -0.39 is 0 Å². The van der Waals surface area contributed by atoms with E-state index in [4.69, 9.17) is 27.9 Å². The molecule has 7 heteroatoms. The number of anilines is 1. The normalized spacial score (nSPS) is 10.3. The van der Waals surface area contributed by atoms with Gasteiger partial charge in [-0.15, -0.1) is 0 Å². The van der Waals surface area contributed by atoms with Crippen LogP contribution in [0.2, 0.25) is 10.0 Å². The van der Waals surface area contributed by atoms with E-state index in [0.717, 1.165) is 5.56 Å². The number of carbonyl (C=O) groups is 2. The molecule has 5 nitrogen and oxygen atoms in total. The summed E-state index contributed by atoms with van der Waals surface area (Å²) in [5, 5.41) is 6.12. The Labute approximate surface area is 178 Å². The van der Waals surface area contributed by atoms with Crippen molar-refractivity contribution in [2.24, 2.45) is 0 Å². The van der Waals surface area contributed by atoms with Crippen molar-refractivity contribution in [2.45, 2.75) is 6.54 Å². The lowest BCUT2D eigenvalue weighted by molar-refractivity contribution is -0.118. The number of hydrogen-bond acceptors (Lipinski definition) is 3. The van der Waals surface area contributed by atoms with E-state index in [-0.39, 0.29) is 23.4 Å². The van der Waals surface area contributed by atoms with Crippen LogP contribution in [-0.2, 0) is 11.3 Å². The second-order valence-corrected chi connectivity index (χ2v) is 6.92. The van der Waals surface area contributed by atoms with Gasteiger partial charge in [0.25, 0.3) is 11.8 Å². The van der Waals surface area contributed by atoms with Crippen molar-refractivity contribution in [3.63, 3.8) is 0 Å². The van der Waals surface area contributed by atoms with Crippen LogP contribution in [0.25, 0.3) is 0 Å². The molecule has 0 atom stereocenters. The number of halogens is 2. The molecule has 29 heavy (non-hydrogen) atoms. The first-order valence-corrected chi connectivity index (χ1v) is 9.57. The zero-order valence-electron chi connectivity index (χ0n) is 15.3. The van der Waals surface area contributed by atoms with Gasteiger partial charge in [0.15, 0.2) is 6.61 Å². The first-order valence-electron chi connectivity index (χ1n) is 8.82. The molecular formula is C22H18Cl2N2O3. The maximum absolute atomic E-state index is 12.2.